The Hall–Kier alpha value is -1.14. The van der Waals surface area contributed by atoms with Crippen LogP contribution in [0.2, 0.25) is 0 Å². The van der Waals surface area contributed by atoms with Gasteiger partial charge in [0.2, 0.25) is 0 Å². The topological polar surface area (TPSA) is 71.1 Å². The number of ether oxygens (including phenoxy) is 4. The first kappa shape index (κ1) is 24.1. The van der Waals surface area contributed by atoms with Crippen molar-refractivity contribution in [3.63, 3.8) is 0 Å². The Kier molecular flexibility index (Phi) is 18.1. The molecule has 138 valence electrons. The summed E-state index contributed by atoms with van der Waals surface area (Å²) < 4.78 is 20.1. The highest BCUT2D eigenvalue weighted by Crippen LogP contribution is 1.95. The van der Waals surface area contributed by atoms with Gasteiger partial charge in [-0.25, -0.2) is 0 Å². The van der Waals surface area contributed by atoms with Crippen molar-refractivity contribution in [3.8, 4) is 0 Å². The molecule has 0 amide bonds. The van der Waals surface area contributed by atoms with Crippen LogP contribution >= 0.6 is 0 Å². The molecule has 0 heterocycles. The molecule has 0 saturated heterocycles. The van der Waals surface area contributed by atoms with Crippen molar-refractivity contribution in [2.45, 2.75) is 73.0 Å². The highest BCUT2D eigenvalue weighted by atomic mass is 16.6. The third-order valence-electron chi connectivity index (χ3n) is 2.43. The number of hydrogen-bond acceptors (Lipinski definition) is 6. The number of esters is 2. The molecule has 0 aromatic carbocycles. The van der Waals surface area contributed by atoms with E-state index in [-0.39, 0.29) is 24.1 Å². The number of hydrogen-bond donors (Lipinski definition) is 0. The van der Waals surface area contributed by atoms with Crippen LogP contribution in [0.5, 0.6) is 0 Å². The molecule has 0 rings (SSSR count). The average molecular weight is 334 g/mol. The largest absolute Gasteiger partial charge is 0.460 e. The summed E-state index contributed by atoms with van der Waals surface area (Å²) in [5.41, 5.74) is 0. The van der Waals surface area contributed by atoms with Crippen molar-refractivity contribution in [1.29, 1.82) is 0 Å². The lowest BCUT2D eigenvalue weighted by molar-refractivity contribution is -0.149. The van der Waals surface area contributed by atoms with Gasteiger partial charge >= 0.3 is 11.9 Å². The van der Waals surface area contributed by atoms with Crippen LogP contribution in [0, 0.1) is 0 Å². The third-order valence-corrected chi connectivity index (χ3v) is 2.43. The molecule has 23 heavy (non-hydrogen) atoms. The molecule has 0 aliphatic heterocycles. The summed E-state index contributed by atoms with van der Waals surface area (Å²) in [4.78, 5) is 20.9. The molecule has 0 bridgehead atoms. The predicted octanol–water partition coefficient (Wildman–Crippen LogP) is 3.12. The van der Waals surface area contributed by atoms with Gasteiger partial charge in [-0.2, -0.15) is 0 Å². The Balaban J connectivity index is 0. The van der Waals surface area contributed by atoms with E-state index in [2.05, 4.69) is 6.92 Å². The van der Waals surface area contributed by atoms with Crippen molar-refractivity contribution >= 4 is 11.9 Å². The van der Waals surface area contributed by atoms with E-state index >= 15 is 0 Å². The van der Waals surface area contributed by atoms with Crippen LogP contribution in [-0.4, -0.2) is 50.6 Å². The van der Waals surface area contributed by atoms with E-state index in [9.17, 15) is 9.59 Å². The molecule has 0 spiro atoms. The highest BCUT2D eigenvalue weighted by Gasteiger charge is 2.04. The van der Waals surface area contributed by atoms with E-state index in [1.807, 2.05) is 20.8 Å². The fourth-order valence-electron chi connectivity index (χ4n) is 1.52. The minimum absolute atomic E-state index is 0.126. The molecule has 2 atom stereocenters. The number of carbonyl (C=O) groups excluding carboxylic acids is 2. The maximum Gasteiger partial charge on any atom is 0.302 e. The van der Waals surface area contributed by atoms with Gasteiger partial charge in [0.05, 0.1) is 13.2 Å². The van der Waals surface area contributed by atoms with Gasteiger partial charge in [-0.15, -0.1) is 0 Å². The Morgan fingerprint density at radius 1 is 0.783 bits per heavy atom. The Labute approximate surface area is 140 Å². The first-order valence-electron chi connectivity index (χ1n) is 8.33. The quantitative estimate of drug-likeness (QED) is 0.427. The lowest BCUT2D eigenvalue weighted by Gasteiger charge is -2.11. The summed E-state index contributed by atoms with van der Waals surface area (Å²) in [5.74, 6) is -0.501. The van der Waals surface area contributed by atoms with Crippen LogP contribution in [0.15, 0.2) is 0 Å². The second-order valence-corrected chi connectivity index (χ2v) is 5.34. The van der Waals surface area contributed by atoms with Gasteiger partial charge < -0.3 is 18.9 Å². The molecule has 2 unspecified atom stereocenters. The SMILES string of the molecule is CCCCOCC(C)OC(C)=O.CCCOCC(C)OC(C)=O. The molecule has 0 aromatic heterocycles. The van der Waals surface area contributed by atoms with E-state index in [1.54, 1.807) is 0 Å². The standard InChI is InChI=1S/C9H18O3.C8H16O3/c1-4-5-6-11-7-8(2)12-9(3)10;1-4-5-10-6-7(2)11-8(3)9/h8H,4-7H2,1-3H3;7H,4-6H2,1-3H3. The van der Waals surface area contributed by atoms with E-state index in [1.165, 1.54) is 13.8 Å². The van der Waals surface area contributed by atoms with E-state index < -0.39 is 0 Å². The van der Waals surface area contributed by atoms with Gasteiger partial charge in [-0.3, -0.25) is 9.59 Å². The summed E-state index contributed by atoms with van der Waals surface area (Å²) in [7, 11) is 0. The monoisotopic (exact) mass is 334 g/mol. The Morgan fingerprint density at radius 3 is 1.57 bits per heavy atom. The zero-order chi connectivity index (χ0) is 18.1. The minimum Gasteiger partial charge on any atom is -0.460 e. The van der Waals surface area contributed by atoms with Crippen LogP contribution < -0.4 is 0 Å². The molecule has 0 aliphatic rings. The van der Waals surface area contributed by atoms with Crippen LogP contribution in [0.1, 0.15) is 60.8 Å². The van der Waals surface area contributed by atoms with E-state index in [0.717, 1.165) is 32.5 Å². The molecule has 0 N–H and O–H groups in total. The fraction of sp³-hybridized carbons (Fsp3) is 0.882. The smallest absolute Gasteiger partial charge is 0.302 e. The zero-order valence-corrected chi connectivity index (χ0v) is 15.6. The lowest BCUT2D eigenvalue weighted by atomic mass is 10.3. The van der Waals surface area contributed by atoms with Gasteiger partial charge in [0.15, 0.2) is 0 Å². The van der Waals surface area contributed by atoms with Crippen LogP contribution in [0.4, 0.5) is 0 Å². The second kappa shape index (κ2) is 17.2. The summed E-state index contributed by atoms with van der Waals surface area (Å²) in [5, 5.41) is 0. The van der Waals surface area contributed by atoms with Crippen molar-refractivity contribution in [2.24, 2.45) is 0 Å². The number of carbonyl (C=O) groups is 2. The van der Waals surface area contributed by atoms with Crippen molar-refractivity contribution in [3.05, 3.63) is 0 Å². The maximum atomic E-state index is 10.5. The van der Waals surface area contributed by atoms with Crippen LogP contribution in [0.25, 0.3) is 0 Å². The predicted molar refractivity (Wildman–Crippen MR) is 89.3 cm³/mol. The number of unbranched alkanes of at least 4 members (excludes halogenated alkanes) is 1. The molecule has 0 aromatic rings. The number of rotatable bonds is 11. The Morgan fingerprint density at radius 2 is 1.22 bits per heavy atom. The molecule has 6 heteroatoms. The van der Waals surface area contributed by atoms with E-state index in [0.29, 0.717) is 13.2 Å². The summed E-state index contributed by atoms with van der Waals surface area (Å²) in [6.45, 7) is 13.1. The van der Waals surface area contributed by atoms with Crippen LogP contribution in [0.3, 0.4) is 0 Å². The molecule has 6 nitrogen and oxygen atoms in total. The van der Waals surface area contributed by atoms with Gasteiger partial charge in [-0.1, -0.05) is 20.3 Å². The average Bonchev–Trinajstić information content (AvgIpc) is 2.43. The molecular formula is C17H34O6. The molecule has 0 fully saturated rings. The second-order valence-electron chi connectivity index (χ2n) is 5.34. The first-order chi connectivity index (χ1) is 10.8. The molecule has 0 aliphatic carbocycles. The minimum atomic E-state index is -0.252. The molecule has 0 saturated carbocycles. The fourth-order valence-corrected chi connectivity index (χ4v) is 1.52. The van der Waals surface area contributed by atoms with E-state index in [4.69, 9.17) is 18.9 Å². The lowest BCUT2D eigenvalue weighted by Crippen LogP contribution is -2.18. The third kappa shape index (κ3) is 23.3. The maximum absolute atomic E-state index is 10.5. The van der Waals surface area contributed by atoms with Gasteiger partial charge in [0.1, 0.15) is 12.2 Å². The zero-order valence-electron chi connectivity index (χ0n) is 15.6. The highest BCUT2D eigenvalue weighted by molar-refractivity contribution is 5.66. The first-order valence-corrected chi connectivity index (χ1v) is 8.33. The summed E-state index contributed by atoms with van der Waals surface area (Å²) >= 11 is 0. The van der Waals surface area contributed by atoms with Gasteiger partial charge in [0.25, 0.3) is 0 Å². The Bertz CT molecular complexity index is 293. The molecule has 0 radical (unpaired) electrons. The van der Waals surface area contributed by atoms with Crippen molar-refractivity contribution in [2.75, 3.05) is 26.4 Å². The van der Waals surface area contributed by atoms with Crippen LogP contribution in [-0.2, 0) is 28.5 Å². The van der Waals surface area contributed by atoms with Gasteiger partial charge in [-0.05, 0) is 26.7 Å². The molecular weight excluding hydrogens is 300 g/mol. The normalized spacial score (nSPS) is 12.6. The summed E-state index contributed by atoms with van der Waals surface area (Å²) in [6, 6.07) is 0. The van der Waals surface area contributed by atoms with Crippen molar-refractivity contribution in [1.82, 2.24) is 0 Å². The van der Waals surface area contributed by atoms with Crippen molar-refractivity contribution < 1.29 is 28.5 Å². The summed E-state index contributed by atoms with van der Waals surface area (Å²) in [6.07, 6.45) is 2.93. The van der Waals surface area contributed by atoms with Gasteiger partial charge in [0, 0.05) is 27.1 Å².